The average Bonchev–Trinajstić information content (AvgIpc) is 3.13. The zero-order chi connectivity index (χ0) is 16.2. The van der Waals surface area contributed by atoms with Gasteiger partial charge in [0.15, 0.2) is 0 Å². The molecule has 3 heterocycles. The molecule has 1 aliphatic rings. The number of rotatable bonds is 5. The van der Waals surface area contributed by atoms with Gasteiger partial charge in [-0.3, -0.25) is 4.90 Å². The van der Waals surface area contributed by atoms with Gasteiger partial charge in [0.2, 0.25) is 5.89 Å². The molecule has 23 heavy (non-hydrogen) atoms. The van der Waals surface area contributed by atoms with Crippen molar-refractivity contribution in [2.45, 2.75) is 26.8 Å². The van der Waals surface area contributed by atoms with E-state index in [2.05, 4.69) is 26.3 Å². The molecule has 1 atom stereocenters. The second-order valence-electron chi connectivity index (χ2n) is 6.06. The summed E-state index contributed by atoms with van der Waals surface area (Å²) in [5.74, 6) is 3.12. The SMILES string of the molecule is Cc1nc(CN2CCC(CNc3ccc(C#N)cn3)C2)oc1C. The fraction of sp³-hybridized carbons (Fsp3) is 0.471. The van der Waals surface area contributed by atoms with Crippen LogP contribution in [0.2, 0.25) is 0 Å². The molecule has 1 N–H and O–H groups in total. The molecule has 2 aromatic heterocycles. The highest BCUT2D eigenvalue weighted by molar-refractivity contribution is 5.38. The maximum absolute atomic E-state index is 8.77. The molecular weight excluding hydrogens is 290 g/mol. The number of nitriles is 1. The highest BCUT2D eigenvalue weighted by atomic mass is 16.4. The lowest BCUT2D eigenvalue weighted by atomic mass is 10.1. The Morgan fingerprint density at radius 1 is 1.43 bits per heavy atom. The molecule has 0 spiro atoms. The summed E-state index contributed by atoms with van der Waals surface area (Å²) in [6.07, 6.45) is 2.75. The third-order valence-electron chi connectivity index (χ3n) is 4.27. The van der Waals surface area contributed by atoms with Crippen LogP contribution in [0.5, 0.6) is 0 Å². The van der Waals surface area contributed by atoms with Gasteiger partial charge < -0.3 is 9.73 Å². The van der Waals surface area contributed by atoms with Crippen LogP contribution in [0.25, 0.3) is 0 Å². The van der Waals surface area contributed by atoms with Crippen molar-refractivity contribution in [3.05, 3.63) is 41.2 Å². The van der Waals surface area contributed by atoms with Crippen molar-refractivity contribution in [1.29, 1.82) is 5.26 Å². The van der Waals surface area contributed by atoms with E-state index in [1.807, 2.05) is 19.9 Å². The first-order chi connectivity index (χ1) is 11.1. The van der Waals surface area contributed by atoms with Crippen LogP contribution >= 0.6 is 0 Å². The molecule has 0 aliphatic carbocycles. The van der Waals surface area contributed by atoms with E-state index in [-0.39, 0.29) is 0 Å². The number of aryl methyl sites for hydroxylation is 2. The van der Waals surface area contributed by atoms with Crippen molar-refractivity contribution in [2.75, 3.05) is 25.0 Å². The van der Waals surface area contributed by atoms with Gasteiger partial charge in [0.05, 0.1) is 17.8 Å². The van der Waals surface area contributed by atoms with Crippen molar-refractivity contribution < 1.29 is 4.42 Å². The molecule has 0 aromatic carbocycles. The Balaban J connectivity index is 1.46. The van der Waals surface area contributed by atoms with Crippen molar-refractivity contribution in [2.24, 2.45) is 5.92 Å². The maximum atomic E-state index is 8.77. The van der Waals surface area contributed by atoms with E-state index in [0.717, 1.165) is 55.8 Å². The Bertz CT molecular complexity index is 681. The number of hydrogen-bond acceptors (Lipinski definition) is 6. The normalized spacial score (nSPS) is 18.0. The number of pyridine rings is 1. The first-order valence-corrected chi connectivity index (χ1v) is 7.89. The number of anilines is 1. The van der Waals surface area contributed by atoms with E-state index in [1.54, 1.807) is 12.3 Å². The number of likely N-dealkylation sites (tertiary alicyclic amines) is 1. The first-order valence-electron chi connectivity index (χ1n) is 7.89. The van der Waals surface area contributed by atoms with Crippen LogP contribution in [-0.2, 0) is 6.54 Å². The number of oxazole rings is 1. The standard InChI is InChI=1S/C17H21N5O/c1-12-13(2)23-17(21-12)11-22-6-5-15(10-22)9-20-16-4-3-14(7-18)8-19-16/h3-4,8,15H,5-6,9-11H2,1-2H3,(H,19,20). The average molecular weight is 311 g/mol. The van der Waals surface area contributed by atoms with E-state index in [4.69, 9.17) is 9.68 Å². The van der Waals surface area contributed by atoms with Crippen LogP contribution in [-0.4, -0.2) is 34.5 Å². The molecule has 0 bridgehead atoms. The lowest BCUT2D eigenvalue weighted by molar-refractivity contribution is 0.279. The Hall–Kier alpha value is -2.39. The number of nitrogens with one attached hydrogen (secondary N) is 1. The topological polar surface area (TPSA) is 78.0 Å². The van der Waals surface area contributed by atoms with Gasteiger partial charge in [0.25, 0.3) is 0 Å². The third-order valence-corrected chi connectivity index (χ3v) is 4.27. The molecule has 6 nitrogen and oxygen atoms in total. The Kier molecular flexibility index (Phi) is 4.58. The summed E-state index contributed by atoms with van der Waals surface area (Å²) in [6, 6.07) is 5.71. The minimum Gasteiger partial charge on any atom is -0.444 e. The zero-order valence-electron chi connectivity index (χ0n) is 13.5. The van der Waals surface area contributed by atoms with Crippen LogP contribution in [0, 0.1) is 31.1 Å². The zero-order valence-corrected chi connectivity index (χ0v) is 13.5. The molecule has 6 heteroatoms. The summed E-state index contributed by atoms with van der Waals surface area (Å²) in [6.45, 7) is 7.69. The van der Waals surface area contributed by atoms with Crippen LogP contribution in [0.15, 0.2) is 22.7 Å². The third kappa shape index (κ3) is 3.88. The van der Waals surface area contributed by atoms with E-state index < -0.39 is 0 Å². The molecule has 1 fully saturated rings. The maximum Gasteiger partial charge on any atom is 0.208 e. The van der Waals surface area contributed by atoms with Gasteiger partial charge in [-0.25, -0.2) is 9.97 Å². The molecule has 1 aliphatic heterocycles. The summed E-state index contributed by atoms with van der Waals surface area (Å²) < 4.78 is 5.66. The molecule has 1 saturated heterocycles. The molecule has 120 valence electrons. The Labute approximate surface area is 136 Å². The summed E-state index contributed by atoms with van der Waals surface area (Å²) in [7, 11) is 0. The van der Waals surface area contributed by atoms with E-state index in [9.17, 15) is 0 Å². The quantitative estimate of drug-likeness (QED) is 0.914. The highest BCUT2D eigenvalue weighted by Gasteiger charge is 2.23. The van der Waals surface area contributed by atoms with E-state index in [0.29, 0.717) is 11.5 Å². The lowest BCUT2D eigenvalue weighted by Gasteiger charge is -2.14. The predicted octanol–water partition coefficient (Wildman–Crippen LogP) is 2.49. The lowest BCUT2D eigenvalue weighted by Crippen LogP contribution is -2.23. The van der Waals surface area contributed by atoms with E-state index >= 15 is 0 Å². The van der Waals surface area contributed by atoms with Crippen LogP contribution < -0.4 is 5.32 Å². The monoisotopic (exact) mass is 311 g/mol. The van der Waals surface area contributed by atoms with Crippen molar-refractivity contribution >= 4 is 5.82 Å². The first kappa shape index (κ1) is 15.5. The van der Waals surface area contributed by atoms with Crippen LogP contribution in [0.4, 0.5) is 5.82 Å². The number of nitrogens with zero attached hydrogens (tertiary/aromatic N) is 4. The fourth-order valence-electron chi connectivity index (χ4n) is 2.83. The number of hydrogen-bond donors (Lipinski definition) is 1. The minimum atomic E-state index is 0.583. The summed E-state index contributed by atoms with van der Waals surface area (Å²) >= 11 is 0. The predicted molar refractivity (Wildman–Crippen MR) is 86.8 cm³/mol. The second kappa shape index (κ2) is 6.80. The van der Waals surface area contributed by atoms with Crippen molar-refractivity contribution in [1.82, 2.24) is 14.9 Å². The molecular formula is C17H21N5O. The molecule has 3 rings (SSSR count). The molecule has 2 aromatic rings. The molecule has 0 saturated carbocycles. The van der Waals surface area contributed by atoms with Gasteiger partial charge in [-0.2, -0.15) is 5.26 Å². The summed E-state index contributed by atoms with van der Waals surface area (Å²) in [5.41, 5.74) is 1.56. The van der Waals surface area contributed by atoms with Crippen molar-refractivity contribution in [3.63, 3.8) is 0 Å². The second-order valence-corrected chi connectivity index (χ2v) is 6.06. The van der Waals surface area contributed by atoms with Gasteiger partial charge in [0, 0.05) is 19.3 Å². The van der Waals surface area contributed by atoms with Gasteiger partial charge in [-0.05, 0) is 44.9 Å². The smallest absolute Gasteiger partial charge is 0.208 e. The van der Waals surface area contributed by atoms with Gasteiger partial charge in [-0.15, -0.1) is 0 Å². The minimum absolute atomic E-state index is 0.583. The van der Waals surface area contributed by atoms with Gasteiger partial charge >= 0.3 is 0 Å². The molecule has 0 amide bonds. The van der Waals surface area contributed by atoms with Crippen LogP contribution in [0.1, 0.15) is 29.3 Å². The van der Waals surface area contributed by atoms with Crippen molar-refractivity contribution in [3.8, 4) is 6.07 Å². The molecule has 0 radical (unpaired) electrons. The highest BCUT2D eigenvalue weighted by Crippen LogP contribution is 2.20. The van der Waals surface area contributed by atoms with Crippen LogP contribution in [0.3, 0.4) is 0 Å². The summed E-state index contributed by atoms with van der Waals surface area (Å²) in [4.78, 5) is 11.1. The Morgan fingerprint density at radius 2 is 2.30 bits per heavy atom. The van der Waals surface area contributed by atoms with Gasteiger partial charge in [0.1, 0.15) is 17.6 Å². The summed E-state index contributed by atoms with van der Waals surface area (Å²) in [5, 5.41) is 12.1. The number of aromatic nitrogens is 2. The van der Waals surface area contributed by atoms with E-state index in [1.165, 1.54) is 0 Å². The molecule has 1 unspecified atom stereocenters. The Morgan fingerprint density at radius 3 is 2.96 bits per heavy atom. The fourth-order valence-corrected chi connectivity index (χ4v) is 2.83. The largest absolute Gasteiger partial charge is 0.444 e. The van der Waals surface area contributed by atoms with Gasteiger partial charge in [-0.1, -0.05) is 0 Å².